The predicted molar refractivity (Wildman–Crippen MR) is 78.6 cm³/mol. The van der Waals surface area contributed by atoms with Crippen molar-refractivity contribution in [1.29, 1.82) is 0 Å². The molecule has 2 N–H and O–H groups in total. The largest absolute Gasteiger partial charge is 0.351 e. The predicted octanol–water partition coefficient (Wildman–Crippen LogP) is 1.11. The first-order chi connectivity index (χ1) is 10.3. The van der Waals surface area contributed by atoms with Crippen LogP contribution in [0.4, 0.5) is 0 Å². The molecule has 0 aromatic carbocycles. The molecule has 0 bridgehead atoms. The fraction of sp³-hybridized carbons (Fsp3) is 0.400. The van der Waals surface area contributed by atoms with Gasteiger partial charge in [-0.1, -0.05) is 6.07 Å². The van der Waals surface area contributed by atoms with Gasteiger partial charge in [-0.25, -0.2) is 0 Å². The summed E-state index contributed by atoms with van der Waals surface area (Å²) in [6.45, 7) is 4.98. The second kappa shape index (κ2) is 6.05. The fourth-order valence-electron chi connectivity index (χ4n) is 2.64. The Labute approximate surface area is 123 Å². The number of nitrogens with one attached hydrogen (secondary N) is 2. The van der Waals surface area contributed by atoms with Crippen LogP contribution in [0.5, 0.6) is 0 Å². The molecule has 3 heterocycles. The number of aromatic nitrogens is 3. The van der Waals surface area contributed by atoms with Gasteiger partial charge in [0.2, 0.25) is 0 Å². The maximum Gasteiger partial charge on any atom is 0.272 e. The molecule has 6 nitrogen and oxygen atoms in total. The van der Waals surface area contributed by atoms with E-state index in [1.807, 2.05) is 31.3 Å². The van der Waals surface area contributed by atoms with Gasteiger partial charge in [0.05, 0.1) is 5.69 Å². The summed E-state index contributed by atoms with van der Waals surface area (Å²) < 4.78 is 0. The number of fused-ring (bicyclic) bond motifs is 1. The number of H-pyrrole nitrogens is 1. The summed E-state index contributed by atoms with van der Waals surface area (Å²) in [6.07, 6.45) is 2.69. The van der Waals surface area contributed by atoms with E-state index in [9.17, 15) is 4.79 Å². The van der Waals surface area contributed by atoms with Crippen molar-refractivity contribution in [2.24, 2.45) is 0 Å². The molecule has 0 saturated heterocycles. The van der Waals surface area contributed by atoms with Crippen LogP contribution in [-0.2, 0) is 19.5 Å². The van der Waals surface area contributed by atoms with Crippen molar-refractivity contribution >= 4 is 5.91 Å². The zero-order valence-corrected chi connectivity index (χ0v) is 12.1. The Bertz CT molecular complexity index is 622. The van der Waals surface area contributed by atoms with Gasteiger partial charge in [0.15, 0.2) is 5.69 Å². The minimum atomic E-state index is -0.102. The van der Waals surface area contributed by atoms with Crippen molar-refractivity contribution in [3.8, 4) is 0 Å². The van der Waals surface area contributed by atoms with E-state index in [4.69, 9.17) is 0 Å². The van der Waals surface area contributed by atoms with E-state index in [1.165, 1.54) is 0 Å². The molecular formula is C15H19N5O. The Morgan fingerprint density at radius 1 is 1.48 bits per heavy atom. The lowest BCUT2D eigenvalue weighted by Crippen LogP contribution is -2.32. The molecule has 1 aliphatic heterocycles. The van der Waals surface area contributed by atoms with Gasteiger partial charge in [0.1, 0.15) is 0 Å². The first-order valence-electron chi connectivity index (χ1n) is 7.24. The van der Waals surface area contributed by atoms with Crippen molar-refractivity contribution in [2.75, 3.05) is 13.1 Å². The first-order valence-corrected chi connectivity index (χ1v) is 7.24. The Morgan fingerprint density at radius 2 is 2.38 bits per heavy atom. The fourth-order valence-corrected chi connectivity index (χ4v) is 2.64. The summed E-state index contributed by atoms with van der Waals surface area (Å²) in [5.41, 5.74) is 3.67. The highest BCUT2D eigenvalue weighted by Gasteiger charge is 2.25. The van der Waals surface area contributed by atoms with Gasteiger partial charge in [-0.05, 0) is 19.1 Å². The number of carbonyl (C=O) groups is 1. The monoisotopic (exact) mass is 285 g/mol. The lowest BCUT2D eigenvalue weighted by atomic mass is 10.0. The van der Waals surface area contributed by atoms with Gasteiger partial charge in [0, 0.05) is 50.1 Å². The van der Waals surface area contributed by atoms with E-state index in [1.54, 1.807) is 0 Å². The Hall–Kier alpha value is -2.21. The third-order valence-corrected chi connectivity index (χ3v) is 3.68. The molecule has 1 amide bonds. The quantitative estimate of drug-likeness (QED) is 0.882. The first kappa shape index (κ1) is 13.8. The molecule has 6 heteroatoms. The third-order valence-electron chi connectivity index (χ3n) is 3.68. The maximum atomic E-state index is 12.0. The number of hydrogen-bond donors (Lipinski definition) is 2. The van der Waals surface area contributed by atoms with E-state index < -0.39 is 0 Å². The molecule has 0 aliphatic carbocycles. The van der Waals surface area contributed by atoms with Crippen LogP contribution in [0.15, 0.2) is 24.4 Å². The van der Waals surface area contributed by atoms with E-state index in [2.05, 4.69) is 25.4 Å². The molecule has 0 spiro atoms. The molecular weight excluding hydrogens is 266 g/mol. The highest BCUT2D eigenvalue weighted by molar-refractivity contribution is 5.93. The Kier molecular flexibility index (Phi) is 3.96. The van der Waals surface area contributed by atoms with Crippen LogP contribution in [0.3, 0.4) is 0 Å². The van der Waals surface area contributed by atoms with Crippen LogP contribution in [0, 0.1) is 0 Å². The normalized spacial score (nSPS) is 14.7. The van der Waals surface area contributed by atoms with Crippen molar-refractivity contribution in [3.05, 3.63) is 47.0 Å². The van der Waals surface area contributed by atoms with Gasteiger partial charge in [-0.15, -0.1) is 0 Å². The summed E-state index contributed by atoms with van der Waals surface area (Å²) in [6, 6.07) is 5.94. The van der Waals surface area contributed by atoms with Gasteiger partial charge in [0.25, 0.3) is 5.91 Å². The minimum absolute atomic E-state index is 0.102. The summed E-state index contributed by atoms with van der Waals surface area (Å²) in [5.74, 6) is -0.102. The molecule has 1 aliphatic rings. The zero-order valence-electron chi connectivity index (χ0n) is 12.1. The zero-order chi connectivity index (χ0) is 14.7. The minimum Gasteiger partial charge on any atom is -0.351 e. The standard InChI is InChI=1S/C15H19N5O/c1-2-16-15(21)14-12-10-20(8-6-13(12)18-19-14)9-11-5-3-4-7-17-11/h3-5,7H,2,6,8-10H2,1H3,(H,16,21)(H,18,19). The summed E-state index contributed by atoms with van der Waals surface area (Å²) in [7, 11) is 0. The van der Waals surface area contributed by atoms with Gasteiger partial charge < -0.3 is 5.32 Å². The molecule has 0 unspecified atom stereocenters. The molecule has 0 radical (unpaired) electrons. The molecule has 0 fully saturated rings. The van der Waals surface area contributed by atoms with Crippen molar-refractivity contribution in [3.63, 3.8) is 0 Å². The lowest BCUT2D eigenvalue weighted by Gasteiger charge is -2.26. The second-order valence-corrected chi connectivity index (χ2v) is 5.17. The van der Waals surface area contributed by atoms with Crippen LogP contribution in [0.2, 0.25) is 0 Å². The molecule has 2 aromatic rings. The highest BCUT2D eigenvalue weighted by Crippen LogP contribution is 2.21. The second-order valence-electron chi connectivity index (χ2n) is 5.17. The average Bonchev–Trinajstić information content (AvgIpc) is 2.92. The number of amides is 1. The summed E-state index contributed by atoms with van der Waals surface area (Å²) in [5, 5.41) is 9.99. The van der Waals surface area contributed by atoms with E-state index in [-0.39, 0.29) is 5.91 Å². The van der Waals surface area contributed by atoms with E-state index in [0.717, 1.165) is 43.0 Å². The number of pyridine rings is 1. The van der Waals surface area contributed by atoms with Crippen molar-refractivity contribution in [1.82, 2.24) is 25.4 Å². The molecule has 3 rings (SSSR count). The van der Waals surface area contributed by atoms with Gasteiger partial charge in [-0.3, -0.25) is 19.8 Å². The van der Waals surface area contributed by atoms with Crippen LogP contribution < -0.4 is 5.32 Å². The SMILES string of the molecule is CCNC(=O)c1n[nH]c2c1CN(Cc1ccccn1)CC2. The van der Waals surface area contributed by atoms with Crippen LogP contribution in [0.1, 0.15) is 34.4 Å². The van der Waals surface area contributed by atoms with Crippen LogP contribution in [0.25, 0.3) is 0 Å². The Balaban J connectivity index is 1.75. The number of carbonyl (C=O) groups excluding carboxylic acids is 1. The molecule has 21 heavy (non-hydrogen) atoms. The maximum absolute atomic E-state index is 12.0. The molecule has 2 aromatic heterocycles. The van der Waals surface area contributed by atoms with Gasteiger partial charge >= 0.3 is 0 Å². The number of nitrogens with zero attached hydrogens (tertiary/aromatic N) is 3. The van der Waals surface area contributed by atoms with Crippen molar-refractivity contribution < 1.29 is 4.79 Å². The number of hydrogen-bond acceptors (Lipinski definition) is 4. The number of rotatable bonds is 4. The van der Waals surface area contributed by atoms with Crippen LogP contribution >= 0.6 is 0 Å². The van der Waals surface area contributed by atoms with Crippen LogP contribution in [-0.4, -0.2) is 39.1 Å². The average molecular weight is 285 g/mol. The number of aromatic amines is 1. The van der Waals surface area contributed by atoms with Gasteiger partial charge in [-0.2, -0.15) is 5.10 Å². The smallest absolute Gasteiger partial charge is 0.272 e. The molecule has 0 saturated carbocycles. The van der Waals surface area contributed by atoms with E-state index >= 15 is 0 Å². The molecule has 0 atom stereocenters. The Morgan fingerprint density at radius 3 is 3.14 bits per heavy atom. The topological polar surface area (TPSA) is 73.9 Å². The summed E-state index contributed by atoms with van der Waals surface area (Å²) in [4.78, 5) is 18.7. The summed E-state index contributed by atoms with van der Waals surface area (Å²) >= 11 is 0. The highest BCUT2D eigenvalue weighted by atomic mass is 16.1. The third kappa shape index (κ3) is 2.95. The lowest BCUT2D eigenvalue weighted by molar-refractivity contribution is 0.0948. The van der Waals surface area contributed by atoms with E-state index in [0.29, 0.717) is 12.2 Å². The molecule has 110 valence electrons. The van der Waals surface area contributed by atoms with Crippen molar-refractivity contribution in [2.45, 2.75) is 26.4 Å².